The smallest absolute Gasteiger partial charge is 0.311 e. The minimum Gasteiger partial charge on any atom is -0.469 e. The lowest BCUT2D eigenvalue weighted by Gasteiger charge is -2.42. The molecule has 1 N–H and O–H groups in total. The molecule has 0 unspecified atom stereocenters. The number of nitrogens with one attached hydrogen (secondary N) is 1. The predicted octanol–water partition coefficient (Wildman–Crippen LogP) is 1.48. The number of likely N-dealkylation sites (tertiary alicyclic amines) is 1. The number of anilines is 2. The molecule has 2 aromatic carbocycles. The van der Waals surface area contributed by atoms with Crippen LogP contribution in [-0.2, 0) is 30.1 Å². The summed E-state index contributed by atoms with van der Waals surface area (Å²) in [6.45, 7) is 0.225. The highest BCUT2D eigenvalue weighted by Crippen LogP contribution is 2.64. The Kier molecular flexibility index (Phi) is 3.49. The van der Waals surface area contributed by atoms with Crippen LogP contribution in [0.2, 0.25) is 0 Å². The Morgan fingerprint density at radius 1 is 1.07 bits per heavy atom. The number of carbonyl (C=O) groups excluding carboxylic acids is 3. The lowest BCUT2D eigenvalue weighted by atomic mass is 9.59. The van der Waals surface area contributed by atoms with Gasteiger partial charge in [0.05, 0.1) is 13.0 Å². The Hall–Kier alpha value is -3.19. The molecule has 3 heterocycles. The Balaban J connectivity index is 1.94. The minimum atomic E-state index is -1.42. The van der Waals surface area contributed by atoms with Gasteiger partial charge in [0.15, 0.2) is 0 Å². The SMILES string of the molecule is COC(=O)[C@H]1CN(C)[C@@]2(C(=O)Nc3ccccc32)[C@]12C(=O)N(C)c1ccccc12. The standard InChI is InChI=1S/C22H21N3O4/c1-24-12-15(18(26)29-3)21(14-9-5-7-11-17(14)25(2)20(21)28)22(24)13-8-4-6-10-16(13)23-19(22)27/h4-11,15H,12H2,1-3H3,(H,23,27)/t15-,21+,22+/m1/s1. The fraction of sp³-hybridized carbons (Fsp3) is 0.318. The first-order chi connectivity index (χ1) is 13.9. The molecule has 7 heteroatoms. The zero-order valence-electron chi connectivity index (χ0n) is 16.4. The first kappa shape index (κ1) is 17.9. The average molecular weight is 391 g/mol. The normalized spacial score (nSPS) is 30.0. The van der Waals surface area contributed by atoms with Crippen molar-refractivity contribution in [2.75, 3.05) is 38.0 Å². The second kappa shape index (κ2) is 5.67. The van der Waals surface area contributed by atoms with E-state index in [1.54, 1.807) is 19.0 Å². The van der Waals surface area contributed by atoms with Crippen molar-refractivity contribution in [2.24, 2.45) is 5.92 Å². The number of ether oxygens (including phenoxy) is 1. The molecular weight excluding hydrogens is 370 g/mol. The molecule has 7 nitrogen and oxygen atoms in total. The first-order valence-electron chi connectivity index (χ1n) is 9.50. The van der Waals surface area contributed by atoms with Crippen LogP contribution in [0.25, 0.3) is 0 Å². The van der Waals surface area contributed by atoms with Crippen LogP contribution in [0.15, 0.2) is 48.5 Å². The van der Waals surface area contributed by atoms with Crippen LogP contribution in [-0.4, -0.2) is 50.4 Å². The summed E-state index contributed by atoms with van der Waals surface area (Å²) < 4.78 is 5.13. The van der Waals surface area contributed by atoms with Crippen molar-refractivity contribution in [3.05, 3.63) is 59.7 Å². The number of para-hydroxylation sites is 2. The second-order valence-electron chi connectivity index (χ2n) is 7.86. The molecule has 0 aromatic heterocycles. The molecule has 0 bridgehead atoms. The van der Waals surface area contributed by atoms with Gasteiger partial charge in [0, 0.05) is 30.5 Å². The maximum Gasteiger partial charge on any atom is 0.311 e. The van der Waals surface area contributed by atoms with Crippen LogP contribution in [0.1, 0.15) is 11.1 Å². The Bertz CT molecular complexity index is 1080. The van der Waals surface area contributed by atoms with Gasteiger partial charge in [-0.2, -0.15) is 0 Å². The van der Waals surface area contributed by atoms with Crippen molar-refractivity contribution in [3.8, 4) is 0 Å². The number of methoxy groups -OCH3 is 1. The van der Waals surface area contributed by atoms with E-state index in [4.69, 9.17) is 4.74 Å². The molecule has 1 saturated heterocycles. The average Bonchev–Trinajstić information content (AvgIpc) is 3.28. The molecule has 3 aliphatic heterocycles. The number of amides is 2. The number of hydrogen-bond donors (Lipinski definition) is 1. The van der Waals surface area contributed by atoms with Gasteiger partial charge in [-0.25, -0.2) is 0 Å². The number of likely N-dealkylation sites (N-methyl/N-ethyl adjacent to an activating group) is 2. The number of esters is 1. The van der Waals surface area contributed by atoms with Crippen LogP contribution in [0.5, 0.6) is 0 Å². The van der Waals surface area contributed by atoms with Gasteiger partial charge in [0.1, 0.15) is 11.0 Å². The molecule has 5 rings (SSSR count). The largest absolute Gasteiger partial charge is 0.469 e. The van der Waals surface area contributed by atoms with E-state index in [1.807, 2.05) is 53.4 Å². The summed E-state index contributed by atoms with van der Waals surface area (Å²) >= 11 is 0. The maximum atomic E-state index is 14.0. The molecule has 3 aliphatic rings. The summed E-state index contributed by atoms with van der Waals surface area (Å²) in [5, 5.41) is 2.95. The Morgan fingerprint density at radius 3 is 2.45 bits per heavy atom. The van der Waals surface area contributed by atoms with Crippen molar-refractivity contribution < 1.29 is 19.1 Å². The maximum absolute atomic E-state index is 14.0. The van der Waals surface area contributed by atoms with E-state index in [9.17, 15) is 14.4 Å². The fourth-order valence-electron chi connectivity index (χ4n) is 5.78. The molecule has 0 aliphatic carbocycles. The van der Waals surface area contributed by atoms with Gasteiger partial charge in [-0.3, -0.25) is 19.3 Å². The molecule has 0 saturated carbocycles. The van der Waals surface area contributed by atoms with Crippen LogP contribution < -0.4 is 10.2 Å². The molecule has 29 heavy (non-hydrogen) atoms. The molecule has 3 atom stereocenters. The van der Waals surface area contributed by atoms with Crippen molar-refractivity contribution in [1.29, 1.82) is 0 Å². The summed E-state index contributed by atoms with van der Waals surface area (Å²) in [6.07, 6.45) is 0. The van der Waals surface area contributed by atoms with E-state index in [0.29, 0.717) is 22.5 Å². The molecule has 148 valence electrons. The summed E-state index contributed by atoms with van der Waals surface area (Å²) in [4.78, 5) is 44.0. The summed E-state index contributed by atoms with van der Waals surface area (Å²) in [7, 11) is 4.80. The van der Waals surface area contributed by atoms with E-state index >= 15 is 0 Å². The topological polar surface area (TPSA) is 79.0 Å². The van der Waals surface area contributed by atoms with Crippen molar-refractivity contribution >= 4 is 29.2 Å². The number of nitrogens with zero attached hydrogens (tertiary/aromatic N) is 2. The lowest BCUT2D eigenvalue weighted by molar-refractivity contribution is -0.151. The molecular formula is C22H21N3O4. The number of benzene rings is 2. The fourth-order valence-corrected chi connectivity index (χ4v) is 5.78. The second-order valence-corrected chi connectivity index (χ2v) is 7.86. The van der Waals surface area contributed by atoms with Gasteiger partial charge in [-0.05, 0) is 24.7 Å². The van der Waals surface area contributed by atoms with E-state index in [2.05, 4.69) is 5.32 Å². The molecule has 2 aromatic rings. The number of fused-ring (bicyclic) bond motifs is 5. The zero-order chi connectivity index (χ0) is 20.6. The summed E-state index contributed by atoms with van der Waals surface area (Å²) in [5.41, 5.74) is -0.0131. The number of carbonyl (C=O) groups is 3. The zero-order valence-corrected chi connectivity index (χ0v) is 16.4. The van der Waals surface area contributed by atoms with Gasteiger partial charge in [-0.15, -0.1) is 0 Å². The van der Waals surface area contributed by atoms with Crippen molar-refractivity contribution in [1.82, 2.24) is 4.90 Å². The number of hydrogen-bond acceptors (Lipinski definition) is 5. The highest BCUT2D eigenvalue weighted by atomic mass is 16.5. The van der Waals surface area contributed by atoms with E-state index in [1.165, 1.54) is 7.11 Å². The van der Waals surface area contributed by atoms with Crippen LogP contribution in [0, 0.1) is 5.92 Å². The Labute approximate surface area is 168 Å². The van der Waals surface area contributed by atoms with Gasteiger partial charge in [0.25, 0.3) is 5.91 Å². The molecule has 1 fully saturated rings. The molecule has 2 amide bonds. The quantitative estimate of drug-likeness (QED) is 0.745. The van der Waals surface area contributed by atoms with E-state index < -0.39 is 22.8 Å². The van der Waals surface area contributed by atoms with Crippen molar-refractivity contribution in [2.45, 2.75) is 11.0 Å². The summed E-state index contributed by atoms with van der Waals surface area (Å²) in [6, 6.07) is 14.8. The van der Waals surface area contributed by atoms with Crippen LogP contribution >= 0.6 is 0 Å². The predicted molar refractivity (Wildman–Crippen MR) is 106 cm³/mol. The van der Waals surface area contributed by atoms with Crippen molar-refractivity contribution in [3.63, 3.8) is 0 Å². The van der Waals surface area contributed by atoms with Gasteiger partial charge in [0.2, 0.25) is 5.91 Å². The summed E-state index contributed by atoms with van der Waals surface area (Å²) in [5.74, 6) is -1.89. The van der Waals surface area contributed by atoms with Gasteiger partial charge >= 0.3 is 5.97 Å². The third-order valence-corrected chi connectivity index (χ3v) is 6.83. The minimum absolute atomic E-state index is 0.225. The third-order valence-electron chi connectivity index (χ3n) is 6.83. The number of rotatable bonds is 1. The lowest BCUT2D eigenvalue weighted by Crippen LogP contribution is -2.62. The van der Waals surface area contributed by atoms with Gasteiger partial charge < -0.3 is 15.0 Å². The molecule has 0 radical (unpaired) electrons. The highest BCUT2D eigenvalue weighted by molar-refractivity contribution is 6.19. The highest BCUT2D eigenvalue weighted by Gasteiger charge is 2.78. The third kappa shape index (κ3) is 1.75. The monoisotopic (exact) mass is 391 g/mol. The van der Waals surface area contributed by atoms with Crippen LogP contribution in [0.3, 0.4) is 0 Å². The first-order valence-corrected chi connectivity index (χ1v) is 9.50. The Morgan fingerprint density at radius 2 is 1.72 bits per heavy atom. The van der Waals surface area contributed by atoms with Crippen LogP contribution in [0.4, 0.5) is 11.4 Å². The van der Waals surface area contributed by atoms with E-state index in [0.717, 1.165) is 0 Å². The van der Waals surface area contributed by atoms with E-state index in [-0.39, 0.29) is 18.4 Å². The van der Waals surface area contributed by atoms with Gasteiger partial charge in [-0.1, -0.05) is 36.4 Å². The molecule has 2 spiro atoms.